The van der Waals surface area contributed by atoms with E-state index in [1.165, 1.54) is 44.1 Å². The van der Waals surface area contributed by atoms with Crippen LogP contribution < -0.4 is 4.74 Å². The maximum atomic E-state index is 12.4. The summed E-state index contributed by atoms with van der Waals surface area (Å²) in [4.78, 5) is 35.6. The third kappa shape index (κ3) is 6.42. The summed E-state index contributed by atoms with van der Waals surface area (Å²) in [5, 5.41) is 15.6. The number of carbonyl (C=O) groups is 3. The van der Waals surface area contributed by atoms with Crippen molar-refractivity contribution in [1.29, 1.82) is 0 Å². The summed E-state index contributed by atoms with van der Waals surface area (Å²) >= 11 is 0. The zero-order valence-electron chi connectivity index (χ0n) is 20.4. The molecule has 0 aromatic heterocycles. The number of piperazine rings is 1. The minimum absolute atomic E-state index is 0.105. The molecule has 0 unspecified atom stereocenters. The fourth-order valence-corrected chi connectivity index (χ4v) is 6.80. The van der Waals surface area contributed by atoms with E-state index in [-0.39, 0.29) is 12.5 Å². The number of hydrogen-bond donors (Lipinski definition) is 2. The van der Waals surface area contributed by atoms with E-state index in [0.717, 1.165) is 49.7 Å². The van der Waals surface area contributed by atoms with Crippen molar-refractivity contribution in [3.05, 3.63) is 42.0 Å². The first-order valence-electron chi connectivity index (χ1n) is 12.6. The number of likely N-dealkylation sites (N-methyl/N-ethyl adjacent to an activating group) is 1. The molecule has 35 heavy (non-hydrogen) atoms. The molecule has 4 saturated carbocycles. The highest BCUT2D eigenvalue weighted by Gasteiger charge is 2.51. The summed E-state index contributed by atoms with van der Waals surface area (Å²) in [6.45, 7) is 3.67. The number of amides is 1. The highest BCUT2D eigenvalue weighted by atomic mass is 16.5. The molecule has 0 spiro atoms. The lowest BCUT2D eigenvalue weighted by Crippen LogP contribution is -2.48. The molecule has 190 valence electrons. The Balaban J connectivity index is 0.000000314. The molecule has 8 nitrogen and oxygen atoms in total. The molecule has 6 rings (SSSR count). The number of nitrogens with zero attached hydrogens (tertiary/aromatic N) is 2. The Morgan fingerprint density at radius 2 is 1.37 bits per heavy atom. The first kappa shape index (κ1) is 25.2. The molecular weight excluding hydrogens is 448 g/mol. The molecule has 5 fully saturated rings. The molecule has 0 atom stereocenters. The van der Waals surface area contributed by atoms with Crippen LogP contribution in [0, 0.1) is 17.8 Å². The fraction of sp³-hybridized carbons (Fsp3) is 0.593. The van der Waals surface area contributed by atoms with Crippen molar-refractivity contribution in [3.63, 3.8) is 0 Å². The number of rotatable bonds is 6. The van der Waals surface area contributed by atoms with Gasteiger partial charge in [0.05, 0.1) is 0 Å². The van der Waals surface area contributed by atoms with Gasteiger partial charge in [0.15, 0.2) is 6.61 Å². The van der Waals surface area contributed by atoms with E-state index < -0.39 is 11.9 Å². The molecule has 1 aliphatic heterocycles. The van der Waals surface area contributed by atoms with Crippen LogP contribution in [-0.2, 0) is 19.8 Å². The van der Waals surface area contributed by atoms with Crippen LogP contribution in [-0.4, -0.2) is 77.7 Å². The van der Waals surface area contributed by atoms with Crippen LogP contribution in [0.3, 0.4) is 0 Å². The van der Waals surface area contributed by atoms with Gasteiger partial charge in [-0.3, -0.25) is 4.79 Å². The van der Waals surface area contributed by atoms with Crippen LogP contribution in [0.1, 0.15) is 44.1 Å². The molecule has 2 N–H and O–H groups in total. The predicted molar refractivity (Wildman–Crippen MR) is 130 cm³/mol. The molecule has 1 aromatic rings. The van der Waals surface area contributed by atoms with Crippen molar-refractivity contribution < 1.29 is 29.3 Å². The van der Waals surface area contributed by atoms with Crippen LogP contribution in [0.5, 0.6) is 5.75 Å². The highest BCUT2D eigenvalue weighted by Crippen LogP contribution is 2.60. The topological polar surface area (TPSA) is 107 Å². The molecule has 8 heteroatoms. The average molecular weight is 485 g/mol. The number of carboxylic acids is 2. The number of carbonyl (C=O) groups excluding carboxylic acids is 1. The van der Waals surface area contributed by atoms with Gasteiger partial charge in [0, 0.05) is 38.3 Å². The maximum absolute atomic E-state index is 12.4. The number of benzene rings is 1. The molecule has 0 radical (unpaired) electrons. The lowest BCUT2D eigenvalue weighted by atomic mass is 9.48. The number of aliphatic carboxylic acids is 2. The molecule has 1 amide bonds. The second kappa shape index (κ2) is 10.8. The largest absolute Gasteiger partial charge is 0.484 e. The van der Waals surface area contributed by atoms with Crippen LogP contribution in [0.15, 0.2) is 36.4 Å². The monoisotopic (exact) mass is 484 g/mol. The van der Waals surface area contributed by atoms with E-state index >= 15 is 0 Å². The smallest absolute Gasteiger partial charge is 0.328 e. The molecule has 4 bridgehead atoms. The zero-order valence-corrected chi connectivity index (χ0v) is 20.4. The first-order valence-corrected chi connectivity index (χ1v) is 12.6. The van der Waals surface area contributed by atoms with Gasteiger partial charge >= 0.3 is 11.9 Å². The second-order valence-corrected chi connectivity index (χ2v) is 10.7. The van der Waals surface area contributed by atoms with Gasteiger partial charge < -0.3 is 24.7 Å². The van der Waals surface area contributed by atoms with Gasteiger partial charge in [0.2, 0.25) is 0 Å². The molecule has 1 saturated heterocycles. The van der Waals surface area contributed by atoms with Gasteiger partial charge in [-0.2, -0.15) is 0 Å². The van der Waals surface area contributed by atoms with E-state index in [2.05, 4.69) is 36.2 Å². The lowest BCUT2D eigenvalue weighted by molar-refractivity contribution is -0.135. The van der Waals surface area contributed by atoms with Gasteiger partial charge in [-0.15, -0.1) is 0 Å². The Morgan fingerprint density at radius 3 is 1.83 bits per heavy atom. The summed E-state index contributed by atoms with van der Waals surface area (Å²) in [5.41, 5.74) is 1.95. The van der Waals surface area contributed by atoms with Gasteiger partial charge in [-0.25, -0.2) is 9.59 Å². The van der Waals surface area contributed by atoms with E-state index in [9.17, 15) is 14.4 Å². The van der Waals surface area contributed by atoms with E-state index in [1.807, 2.05) is 4.90 Å². The van der Waals surface area contributed by atoms with Gasteiger partial charge in [0.25, 0.3) is 5.91 Å². The number of carboxylic acid groups (broad SMARTS) is 2. The van der Waals surface area contributed by atoms with Gasteiger partial charge in [0.1, 0.15) is 5.75 Å². The van der Waals surface area contributed by atoms with Crippen LogP contribution in [0.25, 0.3) is 0 Å². The molecule has 1 heterocycles. The van der Waals surface area contributed by atoms with Crippen molar-refractivity contribution in [1.82, 2.24) is 9.80 Å². The standard InChI is InChI=1S/C23H32N2O2.C4H4O4/c1-24-6-8-25(9-7-24)22(26)16-27-21-4-2-20(3-5-21)23-13-17-10-18(14-23)12-19(11-17)15-23;5-3(6)1-2-4(7)8/h2-5,17-19H,6-16H2,1H3;1-2H,(H,5,6)(H,7,8)/b;2-1-. The Labute approximate surface area is 206 Å². The quantitative estimate of drug-likeness (QED) is 0.598. The molecular formula is C27H36N2O6. The Kier molecular flexibility index (Phi) is 7.79. The summed E-state index contributed by atoms with van der Waals surface area (Å²) in [6.07, 6.45) is 9.73. The number of ether oxygens (including phenoxy) is 1. The number of hydrogen-bond acceptors (Lipinski definition) is 5. The lowest BCUT2D eigenvalue weighted by Gasteiger charge is -2.57. The minimum Gasteiger partial charge on any atom is -0.484 e. The van der Waals surface area contributed by atoms with Crippen molar-refractivity contribution in [2.75, 3.05) is 39.8 Å². The predicted octanol–water partition coefficient (Wildman–Crippen LogP) is 3.02. The van der Waals surface area contributed by atoms with Crippen molar-refractivity contribution in [2.24, 2.45) is 17.8 Å². The van der Waals surface area contributed by atoms with E-state index in [4.69, 9.17) is 14.9 Å². The molecule has 4 aliphatic carbocycles. The Morgan fingerprint density at radius 1 is 0.886 bits per heavy atom. The Hall–Kier alpha value is -2.87. The van der Waals surface area contributed by atoms with Gasteiger partial charge in [-0.1, -0.05) is 12.1 Å². The third-order valence-electron chi connectivity index (χ3n) is 8.09. The third-order valence-corrected chi connectivity index (χ3v) is 8.09. The van der Waals surface area contributed by atoms with Crippen LogP contribution >= 0.6 is 0 Å². The fourth-order valence-electron chi connectivity index (χ4n) is 6.80. The van der Waals surface area contributed by atoms with Crippen molar-refractivity contribution in [3.8, 4) is 5.75 Å². The summed E-state index contributed by atoms with van der Waals surface area (Å²) in [6, 6.07) is 8.74. The van der Waals surface area contributed by atoms with Gasteiger partial charge in [-0.05, 0) is 86.4 Å². The average Bonchev–Trinajstić information content (AvgIpc) is 2.81. The maximum Gasteiger partial charge on any atom is 0.328 e. The normalized spacial score (nSPS) is 29.5. The molecule has 5 aliphatic rings. The Bertz CT molecular complexity index is 898. The highest BCUT2D eigenvalue weighted by molar-refractivity contribution is 5.89. The summed E-state index contributed by atoms with van der Waals surface area (Å²) < 4.78 is 5.82. The van der Waals surface area contributed by atoms with E-state index in [1.54, 1.807) is 0 Å². The molecule has 1 aromatic carbocycles. The SMILES string of the molecule is CN1CCN(C(=O)COc2ccc(C34CC5CC(CC(C5)C3)C4)cc2)CC1.O=C(O)/C=C\C(=O)O. The van der Waals surface area contributed by atoms with Crippen LogP contribution in [0.4, 0.5) is 0 Å². The van der Waals surface area contributed by atoms with Crippen molar-refractivity contribution in [2.45, 2.75) is 43.9 Å². The summed E-state index contributed by atoms with van der Waals surface area (Å²) in [7, 11) is 2.10. The minimum atomic E-state index is -1.26. The summed E-state index contributed by atoms with van der Waals surface area (Å²) in [5.74, 6) is 1.31. The first-order chi connectivity index (χ1) is 16.7. The zero-order chi connectivity index (χ0) is 25.0. The second-order valence-electron chi connectivity index (χ2n) is 10.7. The van der Waals surface area contributed by atoms with E-state index in [0.29, 0.717) is 17.6 Å². The van der Waals surface area contributed by atoms with Crippen molar-refractivity contribution >= 4 is 17.8 Å². The van der Waals surface area contributed by atoms with Crippen LogP contribution in [0.2, 0.25) is 0 Å².